The molecule has 0 bridgehead atoms. The van der Waals surface area contributed by atoms with E-state index >= 15 is 0 Å². The molecule has 7 rings (SSSR count). The van der Waals surface area contributed by atoms with Crippen LogP contribution in [0.5, 0.6) is 0 Å². The van der Waals surface area contributed by atoms with Gasteiger partial charge in [-0.15, -0.1) is 0 Å². The van der Waals surface area contributed by atoms with Crippen LogP contribution >= 0.6 is 0 Å². The first-order valence-electron chi connectivity index (χ1n) is 15.5. The van der Waals surface area contributed by atoms with Crippen LogP contribution in [0.1, 0.15) is 53.6 Å². The summed E-state index contributed by atoms with van der Waals surface area (Å²) in [6.07, 6.45) is 11.7. The van der Waals surface area contributed by atoms with Gasteiger partial charge in [0.15, 0.2) is 0 Å². The van der Waals surface area contributed by atoms with Crippen molar-refractivity contribution in [2.75, 3.05) is 0 Å². The van der Waals surface area contributed by atoms with Crippen LogP contribution in [0.4, 0.5) is 0 Å². The lowest BCUT2D eigenvalue weighted by Gasteiger charge is -2.32. The van der Waals surface area contributed by atoms with Gasteiger partial charge in [0.25, 0.3) is 0 Å². The molecule has 1 heterocycles. The molecule has 216 valence electrons. The molecule has 4 aromatic carbocycles. The van der Waals surface area contributed by atoms with Gasteiger partial charge in [0.1, 0.15) is 0 Å². The Balaban J connectivity index is 1.30. The summed E-state index contributed by atoms with van der Waals surface area (Å²) in [6, 6.07) is 40.0. The Labute approximate surface area is 266 Å². The van der Waals surface area contributed by atoms with Crippen LogP contribution in [-0.2, 0) is 5.41 Å². The minimum atomic E-state index is -0.0849. The van der Waals surface area contributed by atoms with Gasteiger partial charge in [-0.1, -0.05) is 136 Å². The van der Waals surface area contributed by atoms with E-state index < -0.39 is 0 Å². The van der Waals surface area contributed by atoms with Crippen molar-refractivity contribution >= 4 is 23.3 Å². The number of benzene rings is 4. The van der Waals surface area contributed by atoms with E-state index in [0.717, 1.165) is 56.6 Å². The molecule has 0 saturated carbocycles. The third-order valence-corrected chi connectivity index (χ3v) is 9.48. The van der Waals surface area contributed by atoms with Gasteiger partial charge in [0.2, 0.25) is 0 Å². The van der Waals surface area contributed by atoms with Gasteiger partial charge >= 0.3 is 0 Å². The quantitative estimate of drug-likeness (QED) is 0.201. The number of fused-ring (bicyclic) bond motifs is 3. The Morgan fingerprint density at radius 1 is 0.822 bits per heavy atom. The minimum Gasteiger partial charge on any atom is -0.256 e. The fraction of sp³-hybridized carbons (Fsp3) is 0.116. The number of aromatic nitrogens is 1. The van der Waals surface area contributed by atoms with Crippen LogP contribution in [0, 0.1) is 17.2 Å². The molecule has 0 spiro atoms. The van der Waals surface area contributed by atoms with Gasteiger partial charge in [-0.3, -0.25) is 4.98 Å². The van der Waals surface area contributed by atoms with Gasteiger partial charge in [0, 0.05) is 17.3 Å². The first-order valence-corrected chi connectivity index (χ1v) is 15.5. The molecule has 5 aromatic rings. The second-order valence-corrected chi connectivity index (χ2v) is 12.5. The predicted molar refractivity (Wildman–Crippen MR) is 188 cm³/mol. The molecule has 2 aliphatic rings. The van der Waals surface area contributed by atoms with Crippen LogP contribution in [0.2, 0.25) is 0 Å². The summed E-state index contributed by atoms with van der Waals surface area (Å²) in [5, 5.41) is 9.56. The second-order valence-electron chi connectivity index (χ2n) is 12.5. The van der Waals surface area contributed by atoms with Crippen LogP contribution in [-0.4, -0.2) is 4.98 Å². The van der Waals surface area contributed by atoms with Crippen molar-refractivity contribution in [3.8, 4) is 28.5 Å². The molecule has 0 amide bonds. The third kappa shape index (κ3) is 5.17. The molecule has 0 saturated heterocycles. The van der Waals surface area contributed by atoms with Crippen molar-refractivity contribution in [1.29, 1.82) is 5.26 Å². The largest absolute Gasteiger partial charge is 0.256 e. The number of allylic oxidation sites excluding steroid dienone is 5. The van der Waals surface area contributed by atoms with Crippen LogP contribution in [0.25, 0.3) is 45.7 Å². The molecular formula is C43H34N2. The van der Waals surface area contributed by atoms with E-state index in [-0.39, 0.29) is 5.41 Å². The van der Waals surface area contributed by atoms with E-state index in [2.05, 4.69) is 135 Å². The van der Waals surface area contributed by atoms with Crippen molar-refractivity contribution in [2.24, 2.45) is 5.92 Å². The number of rotatable bonds is 6. The van der Waals surface area contributed by atoms with E-state index in [9.17, 15) is 5.26 Å². The summed E-state index contributed by atoms with van der Waals surface area (Å²) < 4.78 is 0. The molecule has 1 atom stereocenters. The standard InChI is InChI=1S/C43H34N2/c1-29(33-21-23-38-37-22-19-31(27-44)24-40(37)43(2,3)41(38)25-33)35-16-10-11-17-36(35)39-26-42(32-14-8-5-9-15-32)45-28-34(39)20-18-30-12-6-4-7-13-30/h4-24,26,28,41H,1,25H2,2-3H3/b20-18-. The summed E-state index contributed by atoms with van der Waals surface area (Å²) in [4.78, 5) is 4.88. The molecule has 2 nitrogen and oxygen atoms in total. The number of nitriles is 1. The highest BCUT2D eigenvalue weighted by Gasteiger charge is 2.44. The van der Waals surface area contributed by atoms with Gasteiger partial charge < -0.3 is 0 Å². The lowest BCUT2D eigenvalue weighted by molar-refractivity contribution is 0.411. The normalized spacial score (nSPS) is 16.3. The average Bonchev–Trinajstić information content (AvgIpc) is 3.32. The second kappa shape index (κ2) is 11.5. The first kappa shape index (κ1) is 28.3. The molecular weight excluding hydrogens is 544 g/mol. The highest BCUT2D eigenvalue weighted by Crippen LogP contribution is 2.55. The van der Waals surface area contributed by atoms with Crippen molar-refractivity contribution in [3.05, 3.63) is 173 Å². The van der Waals surface area contributed by atoms with Gasteiger partial charge in [-0.25, -0.2) is 0 Å². The maximum atomic E-state index is 9.56. The molecule has 2 aliphatic carbocycles. The highest BCUT2D eigenvalue weighted by atomic mass is 14.7. The van der Waals surface area contributed by atoms with E-state index in [1.165, 1.54) is 22.3 Å². The van der Waals surface area contributed by atoms with Crippen LogP contribution < -0.4 is 0 Å². The summed E-state index contributed by atoms with van der Waals surface area (Å²) in [5.41, 5.74) is 14.4. The number of nitrogens with zero attached hydrogens (tertiary/aromatic N) is 2. The van der Waals surface area contributed by atoms with Crippen molar-refractivity contribution in [2.45, 2.75) is 25.7 Å². The molecule has 0 fully saturated rings. The average molecular weight is 579 g/mol. The van der Waals surface area contributed by atoms with Crippen LogP contribution in [0.3, 0.4) is 0 Å². The topological polar surface area (TPSA) is 36.7 Å². The molecule has 0 aliphatic heterocycles. The Morgan fingerprint density at radius 2 is 1.56 bits per heavy atom. The first-order chi connectivity index (χ1) is 21.9. The van der Waals surface area contributed by atoms with E-state index in [1.807, 2.05) is 24.4 Å². The van der Waals surface area contributed by atoms with Gasteiger partial charge in [-0.05, 0) is 86.1 Å². The van der Waals surface area contributed by atoms with E-state index in [4.69, 9.17) is 11.6 Å². The fourth-order valence-electron chi connectivity index (χ4n) is 6.94. The third-order valence-electron chi connectivity index (χ3n) is 9.48. The van der Waals surface area contributed by atoms with Gasteiger partial charge in [-0.2, -0.15) is 5.26 Å². The smallest absolute Gasteiger partial charge is 0.0991 e. The van der Waals surface area contributed by atoms with Crippen molar-refractivity contribution in [1.82, 2.24) is 4.98 Å². The van der Waals surface area contributed by atoms with Crippen molar-refractivity contribution < 1.29 is 0 Å². The maximum absolute atomic E-state index is 9.56. The zero-order valence-corrected chi connectivity index (χ0v) is 25.7. The zero-order chi connectivity index (χ0) is 31.0. The number of hydrogen-bond acceptors (Lipinski definition) is 2. The Morgan fingerprint density at radius 3 is 2.33 bits per heavy atom. The summed E-state index contributed by atoms with van der Waals surface area (Å²) in [7, 11) is 0. The fourth-order valence-corrected chi connectivity index (χ4v) is 6.94. The van der Waals surface area contributed by atoms with Gasteiger partial charge in [0.05, 0.1) is 17.3 Å². The molecule has 1 aromatic heterocycles. The lowest BCUT2D eigenvalue weighted by Crippen LogP contribution is -2.25. The summed E-state index contributed by atoms with van der Waals surface area (Å²) >= 11 is 0. The predicted octanol–water partition coefficient (Wildman–Crippen LogP) is 10.8. The number of hydrogen-bond donors (Lipinski definition) is 0. The molecule has 0 radical (unpaired) electrons. The van der Waals surface area contributed by atoms with E-state index in [1.54, 1.807) is 0 Å². The highest BCUT2D eigenvalue weighted by molar-refractivity contribution is 5.93. The Hall–Kier alpha value is -5.52. The molecule has 2 heteroatoms. The molecule has 45 heavy (non-hydrogen) atoms. The minimum absolute atomic E-state index is 0.0849. The van der Waals surface area contributed by atoms with E-state index in [0.29, 0.717) is 5.92 Å². The Bertz CT molecular complexity index is 2070. The maximum Gasteiger partial charge on any atom is 0.0991 e. The molecule has 0 N–H and O–H groups in total. The van der Waals surface area contributed by atoms with Crippen LogP contribution in [0.15, 0.2) is 140 Å². The monoisotopic (exact) mass is 578 g/mol. The molecule has 1 unspecified atom stereocenters. The lowest BCUT2D eigenvalue weighted by atomic mass is 9.71. The summed E-state index contributed by atoms with van der Waals surface area (Å²) in [5.74, 6) is 0.320. The van der Waals surface area contributed by atoms with Crippen molar-refractivity contribution in [3.63, 3.8) is 0 Å². The SMILES string of the molecule is C=C(C1=CC=C2c3ccc(C#N)cc3C(C)(C)C2C1)c1ccccc1-c1cc(-c2ccccc2)ncc1/C=C\c1ccccc1. The number of pyridine rings is 1. The summed E-state index contributed by atoms with van der Waals surface area (Å²) in [6.45, 7) is 9.32. The Kier molecular flexibility index (Phi) is 7.24. The zero-order valence-electron chi connectivity index (χ0n) is 25.7.